The minimum absolute atomic E-state index is 0.000397. The van der Waals surface area contributed by atoms with Crippen molar-refractivity contribution in [2.45, 2.75) is 347 Å². The standard InChI is InChI=1S/C66H123NO5/c1-3-5-7-9-11-13-15-17-30-34-38-42-46-50-54-58-64(69)63(62-68)67-65(70)59-55-51-47-43-39-35-32-28-26-24-22-20-19-21-23-25-27-29-33-37-41-45-49-53-57-61-72-66(71)60-56-52-48-44-40-36-31-18-16-14-12-10-8-6-4-2/h18,20-23,31,54,58,63-64,68-69H,3-17,19,24-30,32-53,55-57,59-62H2,1-2H3,(H,67,70)/b22-20-,23-21-,31-18-,58-54+. The maximum atomic E-state index is 12.5. The topological polar surface area (TPSA) is 95.9 Å². The summed E-state index contributed by atoms with van der Waals surface area (Å²) in [6.07, 6.45) is 78.7. The number of unbranched alkanes of at least 4 members (excludes halogenated alkanes) is 42. The predicted molar refractivity (Wildman–Crippen MR) is 315 cm³/mol. The lowest BCUT2D eigenvalue weighted by atomic mass is 10.0. The summed E-state index contributed by atoms with van der Waals surface area (Å²) in [5.41, 5.74) is 0. The molecule has 0 fully saturated rings. The van der Waals surface area contributed by atoms with Crippen molar-refractivity contribution < 1.29 is 24.5 Å². The number of esters is 1. The summed E-state index contributed by atoms with van der Waals surface area (Å²) in [5.74, 6) is -0.0731. The molecule has 422 valence electrons. The number of carbonyl (C=O) groups excluding carboxylic acids is 2. The fourth-order valence-corrected chi connectivity index (χ4v) is 9.66. The Labute approximate surface area is 448 Å². The monoisotopic (exact) mass is 1010 g/mol. The Morgan fingerprint density at radius 2 is 0.694 bits per heavy atom. The van der Waals surface area contributed by atoms with Gasteiger partial charge >= 0.3 is 5.97 Å². The van der Waals surface area contributed by atoms with Crippen LogP contribution < -0.4 is 5.32 Å². The van der Waals surface area contributed by atoms with Crippen LogP contribution in [0.2, 0.25) is 0 Å². The minimum atomic E-state index is -0.849. The van der Waals surface area contributed by atoms with Crippen molar-refractivity contribution in [2.75, 3.05) is 13.2 Å². The highest BCUT2D eigenvalue weighted by molar-refractivity contribution is 5.76. The number of carbonyl (C=O) groups is 2. The van der Waals surface area contributed by atoms with Gasteiger partial charge in [-0.15, -0.1) is 0 Å². The zero-order valence-electron chi connectivity index (χ0n) is 48.2. The van der Waals surface area contributed by atoms with E-state index in [-0.39, 0.29) is 18.5 Å². The zero-order valence-corrected chi connectivity index (χ0v) is 48.2. The number of hydrogen-bond acceptors (Lipinski definition) is 5. The maximum Gasteiger partial charge on any atom is 0.305 e. The van der Waals surface area contributed by atoms with Gasteiger partial charge in [-0.3, -0.25) is 9.59 Å². The van der Waals surface area contributed by atoms with Crippen LogP contribution in [-0.4, -0.2) is 47.4 Å². The van der Waals surface area contributed by atoms with Gasteiger partial charge in [0, 0.05) is 12.8 Å². The number of rotatable bonds is 59. The molecule has 72 heavy (non-hydrogen) atoms. The van der Waals surface area contributed by atoms with Crippen LogP contribution in [0.15, 0.2) is 48.6 Å². The molecule has 0 saturated heterocycles. The van der Waals surface area contributed by atoms with E-state index in [2.05, 4.69) is 55.6 Å². The maximum absolute atomic E-state index is 12.5. The van der Waals surface area contributed by atoms with Crippen LogP contribution in [0, 0.1) is 0 Å². The van der Waals surface area contributed by atoms with E-state index in [0.717, 1.165) is 51.4 Å². The number of amides is 1. The molecule has 1 amide bonds. The molecule has 0 heterocycles. The fourth-order valence-electron chi connectivity index (χ4n) is 9.66. The first-order chi connectivity index (χ1) is 35.5. The molecule has 0 bridgehead atoms. The van der Waals surface area contributed by atoms with E-state index < -0.39 is 12.1 Å². The molecule has 6 nitrogen and oxygen atoms in total. The van der Waals surface area contributed by atoms with E-state index in [4.69, 9.17) is 4.74 Å². The molecule has 0 radical (unpaired) electrons. The van der Waals surface area contributed by atoms with Gasteiger partial charge in [0.1, 0.15) is 0 Å². The first-order valence-electron chi connectivity index (χ1n) is 31.9. The van der Waals surface area contributed by atoms with Crippen LogP contribution in [0.3, 0.4) is 0 Å². The molecule has 0 aliphatic rings. The summed E-state index contributed by atoms with van der Waals surface area (Å²) >= 11 is 0. The second-order valence-corrected chi connectivity index (χ2v) is 21.7. The highest BCUT2D eigenvalue weighted by atomic mass is 16.5. The molecular weight excluding hydrogens is 887 g/mol. The molecule has 0 rings (SSSR count). The van der Waals surface area contributed by atoms with Gasteiger partial charge < -0.3 is 20.3 Å². The summed E-state index contributed by atoms with van der Waals surface area (Å²) < 4.78 is 5.48. The van der Waals surface area contributed by atoms with Gasteiger partial charge in [-0.25, -0.2) is 0 Å². The van der Waals surface area contributed by atoms with Crippen molar-refractivity contribution in [1.29, 1.82) is 0 Å². The summed E-state index contributed by atoms with van der Waals surface area (Å²) in [7, 11) is 0. The molecule has 0 aromatic heterocycles. The molecular formula is C66H123NO5. The number of allylic oxidation sites excluding steroid dienone is 7. The molecule has 0 aliphatic carbocycles. The Morgan fingerprint density at radius 3 is 1.07 bits per heavy atom. The number of nitrogens with one attached hydrogen (secondary N) is 1. The van der Waals surface area contributed by atoms with Crippen LogP contribution in [0.25, 0.3) is 0 Å². The summed E-state index contributed by atoms with van der Waals surface area (Å²) in [6, 6.07) is -0.633. The third kappa shape index (κ3) is 57.1. The van der Waals surface area contributed by atoms with E-state index in [1.54, 1.807) is 6.08 Å². The Balaban J connectivity index is 3.46. The van der Waals surface area contributed by atoms with Crippen molar-refractivity contribution in [1.82, 2.24) is 5.32 Å². The molecule has 3 N–H and O–H groups in total. The zero-order chi connectivity index (χ0) is 52.2. The van der Waals surface area contributed by atoms with E-state index in [1.807, 2.05) is 6.08 Å². The van der Waals surface area contributed by atoms with Crippen molar-refractivity contribution in [3.63, 3.8) is 0 Å². The Hall–Kier alpha value is -2.18. The van der Waals surface area contributed by atoms with Crippen LogP contribution in [-0.2, 0) is 14.3 Å². The van der Waals surface area contributed by atoms with Crippen LogP contribution in [0.1, 0.15) is 335 Å². The average Bonchev–Trinajstić information content (AvgIpc) is 3.38. The normalized spacial score (nSPS) is 12.9. The lowest BCUT2D eigenvalue weighted by Crippen LogP contribution is -2.45. The third-order valence-electron chi connectivity index (χ3n) is 14.6. The molecule has 0 spiro atoms. The van der Waals surface area contributed by atoms with Gasteiger partial charge in [0.15, 0.2) is 0 Å². The molecule has 0 aromatic rings. The Morgan fingerprint density at radius 1 is 0.389 bits per heavy atom. The van der Waals surface area contributed by atoms with Crippen molar-refractivity contribution in [3.8, 4) is 0 Å². The van der Waals surface area contributed by atoms with E-state index >= 15 is 0 Å². The largest absolute Gasteiger partial charge is 0.466 e. The van der Waals surface area contributed by atoms with Crippen molar-refractivity contribution in [2.24, 2.45) is 0 Å². The molecule has 2 atom stereocenters. The Kier molecular flexibility index (Phi) is 59.5. The first kappa shape index (κ1) is 69.8. The van der Waals surface area contributed by atoms with Gasteiger partial charge in [0.2, 0.25) is 5.91 Å². The second kappa shape index (κ2) is 61.4. The SMILES string of the molecule is CCCCCCCC/C=C\CCCCCCCC(=O)OCCCCCCCCCCC/C=C\C/C=C\CCCCCCCCCCCC(=O)NC(CO)C(O)/C=C/CCCCCCCCCCCCCCC. The molecule has 0 aromatic carbocycles. The Bertz CT molecular complexity index is 1210. The predicted octanol–water partition coefficient (Wildman–Crippen LogP) is 20.1. The summed E-state index contributed by atoms with van der Waals surface area (Å²) in [6.45, 7) is 4.90. The van der Waals surface area contributed by atoms with Gasteiger partial charge in [0.05, 0.1) is 25.4 Å². The van der Waals surface area contributed by atoms with Crippen molar-refractivity contribution in [3.05, 3.63) is 48.6 Å². The van der Waals surface area contributed by atoms with E-state index in [9.17, 15) is 19.8 Å². The van der Waals surface area contributed by atoms with Crippen LogP contribution in [0.4, 0.5) is 0 Å². The van der Waals surface area contributed by atoms with Gasteiger partial charge in [-0.2, -0.15) is 0 Å². The summed E-state index contributed by atoms with van der Waals surface area (Å²) in [4.78, 5) is 24.5. The highest BCUT2D eigenvalue weighted by Gasteiger charge is 2.18. The second-order valence-electron chi connectivity index (χ2n) is 21.7. The van der Waals surface area contributed by atoms with Gasteiger partial charge in [-0.1, -0.05) is 281 Å². The molecule has 0 aliphatic heterocycles. The smallest absolute Gasteiger partial charge is 0.305 e. The van der Waals surface area contributed by atoms with E-state index in [0.29, 0.717) is 19.4 Å². The average molecular weight is 1010 g/mol. The molecule has 0 saturated carbocycles. The number of aliphatic hydroxyl groups is 2. The molecule has 6 heteroatoms. The third-order valence-corrected chi connectivity index (χ3v) is 14.6. The number of hydrogen-bond donors (Lipinski definition) is 3. The fraction of sp³-hybridized carbons (Fsp3) is 0.848. The first-order valence-corrected chi connectivity index (χ1v) is 31.9. The number of aliphatic hydroxyl groups excluding tert-OH is 2. The summed E-state index contributed by atoms with van der Waals surface area (Å²) in [5, 5.41) is 23.1. The van der Waals surface area contributed by atoms with Crippen LogP contribution in [0.5, 0.6) is 0 Å². The van der Waals surface area contributed by atoms with Gasteiger partial charge in [0.25, 0.3) is 0 Å². The van der Waals surface area contributed by atoms with E-state index in [1.165, 1.54) is 257 Å². The van der Waals surface area contributed by atoms with Gasteiger partial charge in [-0.05, 0) is 89.9 Å². The minimum Gasteiger partial charge on any atom is -0.466 e. The lowest BCUT2D eigenvalue weighted by molar-refractivity contribution is -0.143. The quantitative estimate of drug-likeness (QED) is 0.0320. The highest BCUT2D eigenvalue weighted by Crippen LogP contribution is 2.16. The van der Waals surface area contributed by atoms with Crippen molar-refractivity contribution >= 4 is 11.9 Å². The van der Waals surface area contributed by atoms with Crippen LogP contribution >= 0.6 is 0 Å². The number of ether oxygens (including phenoxy) is 1. The lowest BCUT2D eigenvalue weighted by Gasteiger charge is -2.20. The molecule has 2 unspecified atom stereocenters.